The number of benzene rings is 1. The van der Waals surface area contributed by atoms with Crippen LogP contribution in [0.5, 0.6) is 0 Å². The molecule has 18 heavy (non-hydrogen) atoms. The van der Waals surface area contributed by atoms with Crippen molar-refractivity contribution >= 4 is 22.5 Å². The first kappa shape index (κ1) is 11.3. The van der Waals surface area contributed by atoms with Crippen LogP contribution in [0.4, 0.5) is 0 Å². The maximum Gasteiger partial charge on any atom is 0.236 e. The molecule has 0 aliphatic carbocycles. The Kier molecular flexibility index (Phi) is 2.80. The van der Waals surface area contributed by atoms with Crippen LogP contribution in [0.3, 0.4) is 0 Å². The molecule has 0 unspecified atom stereocenters. The van der Waals surface area contributed by atoms with Gasteiger partial charge in [-0.05, 0) is 18.2 Å². The van der Waals surface area contributed by atoms with Gasteiger partial charge in [0, 0.05) is 28.5 Å². The summed E-state index contributed by atoms with van der Waals surface area (Å²) in [6.45, 7) is 2.55. The fraction of sp³-hybridized carbons (Fsp3) is 0.231. The molecule has 2 aromatic heterocycles. The minimum absolute atomic E-state index is 0.566. The number of aromatic nitrogens is 3. The van der Waals surface area contributed by atoms with Crippen LogP contribution in [0.15, 0.2) is 34.9 Å². The Balaban J connectivity index is 1.97. The van der Waals surface area contributed by atoms with Crippen molar-refractivity contribution in [2.45, 2.75) is 19.9 Å². The summed E-state index contributed by atoms with van der Waals surface area (Å²) in [6, 6.07) is 7.84. The molecule has 0 N–H and O–H groups in total. The highest BCUT2D eigenvalue weighted by molar-refractivity contribution is 6.35. The van der Waals surface area contributed by atoms with E-state index in [2.05, 4.69) is 10.2 Å². The smallest absolute Gasteiger partial charge is 0.236 e. The fourth-order valence-electron chi connectivity index (χ4n) is 1.96. The highest BCUT2D eigenvalue weighted by atomic mass is 35.5. The second-order valence-electron chi connectivity index (χ2n) is 4.06. The van der Waals surface area contributed by atoms with Gasteiger partial charge in [-0.15, -0.1) is 10.2 Å². The average molecular weight is 262 g/mol. The number of nitrogens with zero attached hydrogens (tertiary/aromatic N) is 3. The quantitative estimate of drug-likeness (QED) is 0.727. The Hall–Kier alpha value is -1.81. The molecule has 0 fully saturated rings. The van der Waals surface area contributed by atoms with Gasteiger partial charge in [-0.2, -0.15) is 0 Å². The number of hydrogen-bond donors (Lipinski definition) is 0. The molecule has 0 saturated carbocycles. The van der Waals surface area contributed by atoms with Gasteiger partial charge in [-0.25, -0.2) is 0 Å². The van der Waals surface area contributed by atoms with E-state index in [4.69, 9.17) is 16.0 Å². The van der Waals surface area contributed by atoms with Gasteiger partial charge in [-0.3, -0.25) is 0 Å². The van der Waals surface area contributed by atoms with Crippen molar-refractivity contribution in [3.8, 4) is 0 Å². The number of rotatable bonds is 3. The van der Waals surface area contributed by atoms with E-state index in [1.807, 2.05) is 42.0 Å². The Labute approximate surface area is 109 Å². The summed E-state index contributed by atoms with van der Waals surface area (Å²) in [6.07, 6.45) is 2.73. The molecule has 0 spiro atoms. The predicted octanol–water partition coefficient (Wildman–Crippen LogP) is 3.29. The first-order chi connectivity index (χ1) is 8.78. The lowest BCUT2D eigenvalue weighted by Gasteiger charge is -2.01. The van der Waals surface area contributed by atoms with Crippen LogP contribution in [0, 0.1) is 0 Å². The summed E-state index contributed by atoms with van der Waals surface area (Å²) in [5.41, 5.74) is 1.07. The van der Waals surface area contributed by atoms with E-state index in [0.717, 1.165) is 22.3 Å². The maximum atomic E-state index is 6.14. The Morgan fingerprint density at radius 1 is 1.22 bits per heavy atom. The Bertz CT molecular complexity index is 686. The lowest BCUT2D eigenvalue weighted by molar-refractivity contribution is 0.444. The summed E-state index contributed by atoms with van der Waals surface area (Å²) in [5.74, 6) is 1.28. The van der Waals surface area contributed by atoms with Crippen molar-refractivity contribution < 1.29 is 4.42 Å². The summed E-state index contributed by atoms with van der Waals surface area (Å²) < 4.78 is 7.56. The van der Waals surface area contributed by atoms with Gasteiger partial charge in [0.05, 0.1) is 0 Å². The maximum absolute atomic E-state index is 6.14. The van der Waals surface area contributed by atoms with Gasteiger partial charge in [0.25, 0.3) is 0 Å². The van der Waals surface area contributed by atoms with Crippen molar-refractivity contribution in [1.82, 2.24) is 14.8 Å². The molecule has 2 heterocycles. The van der Waals surface area contributed by atoms with Crippen molar-refractivity contribution in [3.05, 3.63) is 47.3 Å². The monoisotopic (exact) mass is 261 g/mol. The Morgan fingerprint density at radius 2 is 2.06 bits per heavy atom. The van der Waals surface area contributed by atoms with Gasteiger partial charge >= 0.3 is 0 Å². The molecule has 0 amide bonds. The summed E-state index contributed by atoms with van der Waals surface area (Å²) >= 11 is 6.14. The van der Waals surface area contributed by atoms with E-state index in [1.54, 1.807) is 0 Å². The van der Waals surface area contributed by atoms with E-state index in [0.29, 0.717) is 18.3 Å². The molecule has 0 radical (unpaired) electrons. The van der Waals surface area contributed by atoms with E-state index in [-0.39, 0.29) is 0 Å². The molecule has 0 aliphatic rings. The fourth-order valence-corrected chi connectivity index (χ4v) is 2.20. The predicted molar refractivity (Wildman–Crippen MR) is 69.7 cm³/mol. The third-order valence-electron chi connectivity index (χ3n) is 2.88. The minimum Gasteiger partial charge on any atom is -0.423 e. The molecule has 3 aromatic rings. The summed E-state index contributed by atoms with van der Waals surface area (Å²) in [7, 11) is 0. The number of halogens is 1. The first-order valence-electron chi connectivity index (χ1n) is 5.82. The highest BCUT2D eigenvalue weighted by Crippen LogP contribution is 2.24. The van der Waals surface area contributed by atoms with Crippen molar-refractivity contribution in [3.63, 3.8) is 0 Å². The van der Waals surface area contributed by atoms with Crippen LogP contribution in [0.25, 0.3) is 10.9 Å². The zero-order valence-corrected chi connectivity index (χ0v) is 10.7. The topological polar surface area (TPSA) is 43.9 Å². The van der Waals surface area contributed by atoms with Gasteiger partial charge in [0.2, 0.25) is 11.8 Å². The molecule has 1 aromatic carbocycles. The second-order valence-corrected chi connectivity index (χ2v) is 4.47. The summed E-state index contributed by atoms with van der Waals surface area (Å²) in [4.78, 5) is 0. The van der Waals surface area contributed by atoms with Crippen LogP contribution in [0.2, 0.25) is 5.02 Å². The van der Waals surface area contributed by atoms with Gasteiger partial charge in [0.1, 0.15) is 6.54 Å². The van der Waals surface area contributed by atoms with Gasteiger partial charge in [-0.1, -0.05) is 24.6 Å². The molecule has 0 bridgehead atoms. The lowest BCUT2D eigenvalue weighted by atomic mass is 10.2. The van der Waals surface area contributed by atoms with Crippen LogP contribution in [-0.2, 0) is 13.0 Å². The average Bonchev–Trinajstić information content (AvgIpc) is 2.98. The van der Waals surface area contributed by atoms with Crippen molar-refractivity contribution in [2.75, 3.05) is 0 Å². The molecule has 5 heteroatoms. The third-order valence-corrected chi connectivity index (χ3v) is 3.21. The van der Waals surface area contributed by atoms with Crippen LogP contribution in [0.1, 0.15) is 18.7 Å². The van der Waals surface area contributed by atoms with Crippen LogP contribution >= 0.6 is 11.6 Å². The molecular weight excluding hydrogens is 250 g/mol. The van der Waals surface area contributed by atoms with E-state index in [1.165, 1.54) is 0 Å². The van der Waals surface area contributed by atoms with E-state index < -0.39 is 0 Å². The highest BCUT2D eigenvalue weighted by Gasteiger charge is 2.08. The number of fused-ring (bicyclic) bond motifs is 1. The zero-order valence-electron chi connectivity index (χ0n) is 9.93. The molecule has 92 valence electrons. The standard InChI is InChI=1S/C13H12ClN3O/c1-2-12-15-16-13(18-12)8-17-7-6-9-10(14)4-3-5-11(9)17/h3-7H,2,8H2,1H3. The molecular formula is C13H12ClN3O. The van der Waals surface area contributed by atoms with Crippen molar-refractivity contribution in [1.29, 1.82) is 0 Å². The van der Waals surface area contributed by atoms with Gasteiger partial charge in [0.15, 0.2) is 0 Å². The summed E-state index contributed by atoms with van der Waals surface area (Å²) in [5, 5.41) is 9.77. The molecule has 0 aliphatic heterocycles. The molecule has 4 nitrogen and oxygen atoms in total. The largest absolute Gasteiger partial charge is 0.423 e. The SMILES string of the molecule is CCc1nnc(Cn2ccc3c(Cl)cccc32)o1. The van der Waals surface area contributed by atoms with E-state index in [9.17, 15) is 0 Å². The first-order valence-corrected chi connectivity index (χ1v) is 6.20. The van der Waals surface area contributed by atoms with Crippen LogP contribution in [-0.4, -0.2) is 14.8 Å². The number of hydrogen-bond acceptors (Lipinski definition) is 3. The second kappa shape index (κ2) is 4.46. The Morgan fingerprint density at radius 3 is 2.83 bits per heavy atom. The van der Waals surface area contributed by atoms with Gasteiger partial charge < -0.3 is 8.98 Å². The number of aryl methyl sites for hydroxylation is 1. The molecule has 0 saturated heterocycles. The molecule has 0 atom stereocenters. The minimum atomic E-state index is 0.566. The third kappa shape index (κ3) is 1.88. The lowest BCUT2D eigenvalue weighted by Crippen LogP contribution is -1.97. The normalized spacial score (nSPS) is 11.2. The van der Waals surface area contributed by atoms with Crippen LogP contribution < -0.4 is 0 Å². The molecule has 3 rings (SSSR count). The van der Waals surface area contributed by atoms with Crippen molar-refractivity contribution in [2.24, 2.45) is 0 Å². The van der Waals surface area contributed by atoms with E-state index >= 15 is 0 Å². The zero-order chi connectivity index (χ0) is 12.5.